The number of thiocarbonyl (C=S) groups is 1. The van der Waals surface area contributed by atoms with E-state index >= 15 is 0 Å². The fourth-order valence-corrected chi connectivity index (χ4v) is 2.34. The molecule has 0 aromatic heterocycles. The zero-order chi connectivity index (χ0) is 17.2. The highest BCUT2D eigenvalue weighted by molar-refractivity contribution is 7.80. The second-order valence-electron chi connectivity index (χ2n) is 4.59. The molecule has 2 rings (SSSR count). The second-order valence-corrected chi connectivity index (χ2v) is 5.00. The highest BCUT2D eigenvalue weighted by Crippen LogP contribution is 2.35. The van der Waals surface area contributed by atoms with Gasteiger partial charge < -0.3 is 15.4 Å². The molecule has 0 saturated heterocycles. The summed E-state index contributed by atoms with van der Waals surface area (Å²) in [7, 11) is 0. The molecule has 0 amide bonds. The van der Waals surface area contributed by atoms with Gasteiger partial charge in [0.1, 0.15) is 11.5 Å². The first-order valence-corrected chi connectivity index (χ1v) is 6.96. The first-order chi connectivity index (χ1) is 10.7. The van der Waals surface area contributed by atoms with E-state index in [9.17, 15) is 22.4 Å². The van der Waals surface area contributed by atoms with Gasteiger partial charge in [-0.25, -0.2) is 9.18 Å². The number of benzene rings is 1. The number of hydrogen-bond acceptors (Lipinski definition) is 3. The van der Waals surface area contributed by atoms with Gasteiger partial charge in [0, 0.05) is 0 Å². The van der Waals surface area contributed by atoms with Gasteiger partial charge in [-0.1, -0.05) is 12.1 Å². The number of ether oxygens (including phenoxy) is 1. The number of allylic oxidation sites excluding steroid dienone is 1. The smallest absolute Gasteiger partial charge is 0.431 e. The van der Waals surface area contributed by atoms with Crippen LogP contribution in [-0.2, 0) is 9.53 Å². The van der Waals surface area contributed by atoms with E-state index in [1.165, 1.54) is 19.1 Å². The summed E-state index contributed by atoms with van der Waals surface area (Å²) >= 11 is 4.78. The Morgan fingerprint density at radius 2 is 1.91 bits per heavy atom. The van der Waals surface area contributed by atoms with Gasteiger partial charge >= 0.3 is 12.1 Å². The summed E-state index contributed by atoms with van der Waals surface area (Å²) in [5.41, 5.74) is -1.69. The van der Waals surface area contributed by atoms with Gasteiger partial charge in [-0.05, 0) is 36.8 Å². The average molecular weight is 348 g/mol. The van der Waals surface area contributed by atoms with Crippen molar-refractivity contribution in [3.8, 4) is 0 Å². The normalized spacial score (nSPS) is 18.3. The van der Waals surface area contributed by atoms with Crippen LogP contribution in [0.3, 0.4) is 0 Å². The Bertz CT molecular complexity index is 656. The molecule has 1 aliphatic heterocycles. The zero-order valence-corrected chi connectivity index (χ0v) is 12.6. The van der Waals surface area contributed by atoms with Crippen LogP contribution < -0.4 is 10.6 Å². The summed E-state index contributed by atoms with van der Waals surface area (Å²) in [5.74, 6) is -1.68. The topological polar surface area (TPSA) is 50.4 Å². The monoisotopic (exact) mass is 348 g/mol. The van der Waals surface area contributed by atoms with Gasteiger partial charge in [-0.2, -0.15) is 13.2 Å². The van der Waals surface area contributed by atoms with Crippen molar-refractivity contribution in [3.05, 3.63) is 46.9 Å². The van der Waals surface area contributed by atoms with Gasteiger partial charge in [0.25, 0.3) is 0 Å². The van der Waals surface area contributed by atoms with Gasteiger partial charge in [0.05, 0.1) is 18.2 Å². The van der Waals surface area contributed by atoms with Crippen molar-refractivity contribution in [1.29, 1.82) is 0 Å². The van der Waals surface area contributed by atoms with Crippen LogP contribution in [0.2, 0.25) is 0 Å². The zero-order valence-electron chi connectivity index (χ0n) is 11.8. The number of carbonyl (C=O) groups excluding carboxylic acids is 1. The molecular weight excluding hydrogens is 336 g/mol. The van der Waals surface area contributed by atoms with Crippen molar-refractivity contribution in [3.63, 3.8) is 0 Å². The maximum absolute atomic E-state index is 13.2. The van der Waals surface area contributed by atoms with E-state index in [1.807, 2.05) is 5.32 Å². The van der Waals surface area contributed by atoms with Crippen LogP contribution in [0, 0.1) is 5.82 Å². The second kappa shape index (κ2) is 6.53. The summed E-state index contributed by atoms with van der Waals surface area (Å²) in [5, 5.41) is 4.25. The Hall–Kier alpha value is -2.16. The highest BCUT2D eigenvalue weighted by atomic mass is 32.1. The molecule has 124 valence electrons. The quantitative estimate of drug-likeness (QED) is 0.500. The van der Waals surface area contributed by atoms with E-state index in [2.05, 4.69) is 5.32 Å². The number of halogens is 4. The van der Waals surface area contributed by atoms with Crippen molar-refractivity contribution < 1.29 is 27.1 Å². The molecule has 23 heavy (non-hydrogen) atoms. The Kier molecular flexibility index (Phi) is 4.88. The summed E-state index contributed by atoms with van der Waals surface area (Å²) in [6, 6.07) is 3.51. The van der Waals surface area contributed by atoms with E-state index in [-0.39, 0.29) is 17.3 Å². The molecule has 0 radical (unpaired) electrons. The minimum absolute atomic E-state index is 0.0892. The van der Waals surface area contributed by atoms with Crippen molar-refractivity contribution in [2.24, 2.45) is 0 Å². The van der Waals surface area contributed by atoms with Crippen LogP contribution >= 0.6 is 12.2 Å². The standard InChI is InChI=1S/C14H12F4N2O2S/c1-2-22-12(21)9-10(7-3-5-8(15)6-4-7)19-13(23)20-11(9)14(16,17)18/h3-6,10H,2H2,1H3,(H2,19,20,23). The van der Waals surface area contributed by atoms with E-state index in [0.29, 0.717) is 0 Å². The number of nitrogens with one attached hydrogen (secondary N) is 2. The number of carbonyl (C=O) groups is 1. The van der Waals surface area contributed by atoms with Crippen molar-refractivity contribution in [2.75, 3.05) is 6.61 Å². The number of hydrogen-bond donors (Lipinski definition) is 2. The average Bonchev–Trinajstić information content (AvgIpc) is 2.46. The molecule has 0 saturated carbocycles. The minimum atomic E-state index is -4.83. The van der Waals surface area contributed by atoms with Crippen LogP contribution in [0.5, 0.6) is 0 Å². The SMILES string of the molecule is CCOC(=O)C1=C(C(F)(F)F)NC(=S)NC1c1ccc(F)cc1. The van der Waals surface area contributed by atoms with Crippen molar-refractivity contribution >= 4 is 23.3 Å². The van der Waals surface area contributed by atoms with Gasteiger partial charge in [0.15, 0.2) is 5.11 Å². The third kappa shape index (κ3) is 3.79. The van der Waals surface area contributed by atoms with Crippen molar-refractivity contribution in [1.82, 2.24) is 10.6 Å². The molecular formula is C14H12F4N2O2S. The molecule has 1 heterocycles. The summed E-state index contributed by atoms with van der Waals surface area (Å²) < 4.78 is 57.5. The predicted molar refractivity (Wildman–Crippen MR) is 77.7 cm³/mol. The Balaban J connectivity index is 2.59. The first kappa shape index (κ1) is 17.2. The van der Waals surface area contributed by atoms with Gasteiger partial charge in [-0.3, -0.25) is 0 Å². The molecule has 1 aromatic carbocycles. The van der Waals surface area contributed by atoms with Gasteiger partial charge in [-0.15, -0.1) is 0 Å². The van der Waals surface area contributed by atoms with Crippen LogP contribution in [0.25, 0.3) is 0 Å². The third-order valence-electron chi connectivity index (χ3n) is 3.05. The predicted octanol–water partition coefficient (Wildman–Crippen LogP) is 2.72. The van der Waals surface area contributed by atoms with Gasteiger partial charge in [0.2, 0.25) is 0 Å². The molecule has 0 spiro atoms. The van der Waals surface area contributed by atoms with Crippen LogP contribution in [-0.4, -0.2) is 23.9 Å². The number of alkyl halides is 3. The molecule has 1 aromatic rings. The molecule has 4 nitrogen and oxygen atoms in total. The molecule has 0 bridgehead atoms. The number of rotatable bonds is 3. The summed E-state index contributed by atoms with van der Waals surface area (Å²) in [6.07, 6.45) is -4.83. The van der Waals surface area contributed by atoms with E-state index < -0.39 is 35.3 Å². The lowest BCUT2D eigenvalue weighted by Gasteiger charge is -2.31. The molecule has 0 fully saturated rings. The van der Waals surface area contributed by atoms with Crippen LogP contribution in [0.4, 0.5) is 17.6 Å². The Morgan fingerprint density at radius 1 is 1.30 bits per heavy atom. The first-order valence-electron chi connectivity index (χ1n) is 6.55. The third-order valence-corrected chi connectivity index (χ3v) is 3.27. The molecule has 9 heteroatoms. The van der Waals surface area contributed by atoms with E-state index in [1.54, 1.807) is 0 Å². The summed E-state index contributed by atoms with van der Waals surface area (Å²) in [6.45, 7) is 1.39. The minimum Gasteiger partial charge on any atom is -0.463 e. The molecule has 2 N–H and O–H groups in total. The fraction of sp³-hybridized carbons (Fsp3) is 0.286. The van der Waals surface area contributed by atoms with Crippen LogP contribution in [0.1, 0.15) is 18.5 Å². The van der Waals surface area contributed by atoms with Crippen LogP contribution in [0.15, 0.2) is 35.5 Å². The highest BCUT2D eigenvalue weighted by Gasteiger charge is 2.44. The lowest BCUT2D eigenvalue weighted by molar-refractivity contribution is -0.140. The molecule has 0 aliphatic carbocycles. The molecule has 1 atom stereocenters. The Morgan fingerprint density at radius 3 is 2.43 bits per heavy atom. The van der Waals surface area contributed by atoms with E-state index in [4.69, 9.17) is 17.0 Å². The lowest BCUT2D eigenvalue weighted by Crippen LogP contribution is -2.49. The number of esters is 1. The van der Waals surface area contributed by atoms with E-state index in [0.717, 1.165) is 12.1 Å². The lowest BCUT2D eigenvalue weighted by atomic mass is 9.95. The van der Waals surface area contributed by atoms with Crippen molar-refractivity contribution in [2.45, 2.75) is 19.1 Å². The Labute approximate surface area is 134 Å². The summed E-state index contributed by atoms with van der Waals surface area (Å²) in [4.78, 5) is 12.0. The largest absolute Gasteiger partial charge is 0.463 e. The molecule has 1 unspecified atom stereocenters. The maximum atomic E-state index is 13.2. The fourth-order valence-electron chi connectivity index (χ4n) is 2.12. The molecule has 1 aliphatic rings. The maximum Gasteiger partial charge on any atom is 0.431 e.